The highest BCUT2D eigenvalue weighted by atomic mass is 16.7. The Morgan fingerprint density at radius 1 is 1.00 bits per heavy atom. The molecule has 0 spiro atoms. The van der Waals surface area contributed by atoms with Crippen LogP contribution in [0.2, 0.25) is 0 Å². The van der Waals surface area contributed by atoms with Crippen molar-refractivity contribution in [3.63, 3.8) is 0 Å². The quantitative estimate of drug-likeness (QED) is 0.829. The van der Waals surface area contributed by atoms with Gasteiger partial charge < -0.3 is 19.3 Å². The summed E-state index contributed by atoms with van der Waals surface area (Å²) < 4.78 is 10.8. The summed E-state index contributed by atoms with van der Waals surface area (Å²) in [6.45, 7) is 2.84. The number of aromatic nitrogens is 2. The molecule has 3 heterocycles. The fourth-order valence-electron chi connectivity index (χ4n) is 2.83. The Hall–Kier alpha value is -2.83. The van der Waals surface area contributed by atoms with E-state index < -0.39 is 0 Å². The number of piperazine rings is 1. The van der Waals surface area contributed by atoms with Crippen molar-refractivity contribution in [1.82, 2.24) is 14.9 Å². The van der Waals surface area contributed by atoms with Gasteiger partial charge in [0.25, 0.3) is 5.91 Å². The molecular formula is C16H16N4O3. The lowest BCUT2D eigenvalue weighted by molar-refractivity contribution is 0.0741. The Morgan fingerprint density at radius 3 is 2.57 bits per heavy atom. The van der Waals surface area contributed by atoms with Crippen LogP contribution < -0.4 is 14.4 Å². The van der Waals surface area contributed by atoms with Gasteiger partial charge in [-0.3, -0.25) is 4.79 Å². The summed E-state index contributed by atoms with van der Waals surface area (Å²) in [5.41, 5.74) is 0.560. The highest BCUT2D eigenvalue weighted by Crippen LogP contribution is 2.36. The Morgan fingerprint density at radius 2 is 1.78 bits per heavy atom. The van der Waals surface area contributed by atoms with E-state index in [-0.39, 0.29) is 12.7 Å². The first-order valence-corrected chi connectivity index (χ1v) is 7.53. The zero-order valence-corrected chi connectivity index (χ0v) is 12.5. The third-order valence-electron chi connectivity index (χ3n) is 4.03. The summed E-state index contributed by atoms with van der Waals surface area (Å²) in [5, 5.41) is 0. The number of hydrogen-bond donors (Lipinski definition) is 0. The van der Waals surface area contributed by atoms with E-state index in [1.807, 2.05) is 17.0 Å². The molecule has 1 fully saturated rings. The monoisotopic (exact) mass is 312 g/mol. The van der Waals surface area contributed by atoms with Crippen LogP contribution in [-0.2, 0) is 0 Å². The third-order valence-corrected chi connectivity index (χ3v) is 4.03. The molecule has 0 unspecified atom stereocenters. The number of nitrogens with zero attached hydrogens (tertiary/aromatic N) is 4. The topological polar surface area (TPSA) is 67.8 Å². The lowest BCUT2D eigenvalue weighted by Gasteiger charge is -2.34. The van der Waals surface area contributed by atoms with Crippen molar-refractivity contribution < 1.29 is 14.3 Å². The minimum atomic E-state index is -0.0269. The highest BCUT2D eigenvalue weighted by Gasteiger charge is 2.28. The van der Waals surface area contributed by atoms with Gasteiger partial charge >= 0.3 is 0 Å². The largest absolute Gasteiger partial charge is 0.454 e. The van der Waals surface area contributed by atoms with Gasteiger partial charge in [0, 0.05) is 38.6 Å². The Balaban J connectivity index is 1.47. The second-order valence-corrected chi connectivity index (χ2v) is 5.37. The van der Waals surface area contributed by atoms with Crippen molar-refractivity contribution in [3.05, 3.63) is 42.2 Å². The van der Waals surface area contributed by atoms with Crippen LogP contribution in [0.3, 0.4) is 0 Å². The highest BCUT2D eigenvalue weighted by molar-refractivity contribution is 5.98. The predicted molar refractivity (Wildman–Crippen MR) is 82.7 cm³/mol. The number of para-hydroxylation sites is 1. The molecule has 2 aliphatic heterocycles. The number of amides is 1. The normalized spacial score (nSPS) is 16.5. The van der Waals surface area contributed by atoms with Crippen LogP contribution in [-0.4, -0.2) is 53.7 Å². The van der Waals surface area contributed by atoms with Crippen molar-refractivity contribution in [2.75, 3.05) is 37.9 Å². The van der Waals surface area contributed by atoms with Crippen molar-refractivity contribution >= 4 is 11.9 Å². The van der Waals surface area contributed by atoms with Crippen molar-refractivity contribution in [2.24, 2.45) is 0 Å². The van der Waals surface area contributed by atoms with Crippen LogP contribution in [0.5, 0.6) is 11.5 Å². The molecule has 1 amide bonds. The zero-order valence-electron chi connectivity index (χ0n) is 12.5. The van der Waals surface area contributed by atoms with Crippen LogP contribution in [0.4, 0.5) is 5.95 Å². The van der Waals surface area contributed by atoms with E-state index in [1.54, 1.807) is 24.5 Å². The standard InChI is InChI=1S/C16H16N4O3/c21-15(12-3-1-4-13-14(12)23-11-22-13)19-7-9-20(10-8-19)16-17-5-2-6-18-16/h1-6H,7-11H2. The summed E-state index contributed by atoms with van der Waals surface area (Å²) in [4.78, 5) is 25.2. The van der Waals surface area contributed by atoms with Gasteiger partial charge in [-0.1, -0.05) is 6.07 Å². The van der Waals surface area contributed by atoms with E-state index in [0.717, 1.165) is 0 Å². The summed E-state index contributed by atoms with van der Waals surface area (Å²) in [6.07, 6.45) is 3.45. The molecule has 0 radical (unpaired) electrons. The number of benzene rings is 1. The number of carbonyl (C=O) groups excluding carboxylic acids is 1. The van der Waals surface area contributed by atoms with Crippen LogP contribution in [0.1, 0.15) is 10.4 Å². The van der Waals surface area contributed by atoms with Crippen molar-refractivity contribution in [3.8, 4) is 11.5 Å². The van der Waals surface area contributed by atoms with E-state index in [0.29, 0.717) is 49.2 Å². The van der Waals surface area contributed by atoms with Gasteiger partial charge in [0.1, 0.15) is 0 Å². The summed E-state index contributed by atoms with van der Waals surface area (Å²) in [6, 6.07) is 7.20. The minimum Gasteiger partial charge on any atom is -0.454 e. The predicted octanol–water partition coefficient (Wildman–Crippen LogP) is 1.17. The maximum Gasteiger partial charge on any atom is 0.257 e. The van der Waals surface area contributed by atoms with Crippen LogP contribution in [0.15, 0.2) is 36.7 Å². The molecule has 1 saturated heterocycles. The number of hydrogen-bond acceptors (Lipinski definition) is 6. The Labute approximate surface area is 133 Å². The first-order chi connectivity index (χ1) is 11.3. The lowest BCUT2D eigenvalue weighted by atomic mass is 10.1. The molecule has 4 rings (SSSR count). The molecule has 2 aromatic rings. The summed E-state index contributed by atoms with van der Waals surface area (Å²) >= 11 is 0. The maximum absolute atomic E-state index is 12.7. The van der Waals surface area contributed by atoms with Crippen LogP contribution >= 0.6 is 0 Å². The molecule has 0 aliphatic carbocycles. The molecule has 0 bridgehead atoms. The lowest BCUT2D eigenvalue weighted by Crippen LogP contribution is -2.49. The van der Waals surface area contributed by atoms with E-state index in [4.69, 9.17) is 9.47 Å². The first-order valence-electron chi connectivity index (χ1n) is 7.53. The molecule has 0 saturated carbocycles. The molecule has 7 nitrogen and oxygen atoms in total. The molecule has 0 atom stereocenters. The fraction of sp³-hybridized carbons (Fsp3) is 0.312. The summed E-state index contributed by atoms with van der Waals surface area (Å²) in [7, 11) is 0. The third kappa shape index (κ3) is 2.54. The second-order valence-electron chi connectivity index (χ2n) is 5.37. The fourth-order valence-corrected chi connectivity index (χ4v) is 2.83. The minimum absolute atomic E-state index is 0.0269. The number of fused-ring (bicyclic) bond motifs is 1. The molecule has 118 valence electrons. The average molecular weight is 312 g/mol. The first kappa shape index (κ1) is 13.8. The maximum atomic E-state index is 12.7. The van der Waals surface area contributed by atoms with Crippen molar-refractivity contribution in [2.45, 2.75) is 0 Å². The number of ether oxygens (including phenoxy) is 2. The van der Waals surface area contributed by atoms with Gasteiger partial charge in [-0.2, -0.15) is 0 Å². The molecule has 1 aromatic carbocycles. The van der Waals surface area contributed by atoms with Gasteiger partial charge in [0.05, 0.1) is 5.56 Å². The SMILES string of the molecule is O=C(c1cccc2c1OCO2)N1CCN(c2ncccn2)CC1. The Bertz CT molecular complexity index is 715. The van der Waals surface area contributed by atoms with E-state index >= 15 is 0 Å². The van der Waals surface area contributed by atoms with Gasteiger partial charge in [-0.15, -0.1) is 0 Å². The van der Waals surface area contributed by atoms with Crippen LogP contribution in [0.25, 0.3) is 0 Å². The smallest absolute Gasteiger partial charge is 0.257 e. The zero-order chi connectivity index (χ0) is 15.6. The van der Waals surface area contributed by atoms with Crippen molar-refractivity contribution in [1.29, 1.82) is 0 Å². The van der Waals surface area contributed by atoms with Gasteiger partial charge in [-0.25, -0.2) is 9.97 Å². The van der Waals surface area contributed by atoms with E-state index in [9.17, 15) is 4.79 Å². The molecule has 2 aliphatic rings. The Kier molecular flexibility index (Phi) is 3.45. The number of anilines is 1. The molecular weight excluding hydrogens is 296 g/mol. The summed E-state index contributed by atoms with van der Waals surface area (Å²) in [5.74, 6) is 1.86. The number of carbonyl (C=O) groups is 1. The van der Waals surface area contributed by atoms with Gasteiger partial charge in [-0.05, 0) is 18.2 Å². The van der Waals surface area contributed by atoms with Gasteiger partial charge in [0.15, 0.2) is 11.5 Å². The average Bonchev–Trinajstić information content (AvgIpc) is 3.11. The van der Waals surface area contributed by atoms with Gasteiger partial charge in [0.2, 0.25) is 12.7 Å². The van der Waals surface area contributed by atoms with Crippen LogP contribution in [0, 0.1) is 0 Å². The van der Waals surface area contributed by atoms with E-state index in [2.05, 4.69) is 14.9 Å². The van der Waals surface area contributed by atoms with E-state index in [1.165, 1.54) is 0 Å². The second kappa shape index (κ2) is 5.75. The molecule has 7 heteroatoms. The molecule has 1 aromatic heterocycles. The molecule has 0 N–H and O–H groups in total. The number of rotatable bonds is 2. The molecule has 23 heavy (non-hydrogen) atoms.